The molecule has 0 aliphatic heterocycles. The van der Waals surface area contributed by atoms with E-state index in [-0.39, 0.29) is 0 Å². The zero-order valence-electron chi connectivity index (χ0n) is 10.5. The highest BCUT2D eigenvalue weighted by Gasteiger charge is 2.12. The average molecular weight is 266 g/mol. The lowest BCUT2D eigenvalue weighted by atomic mass is 10.2. The smallest absolute Gasteiger partial charge is 0.236 e. The Morgan fingerprint density at radius 1 is 1.33 bits per heavy atom. The monoisotopic (exact) mass is 265 g/mol. The maximum atomic E-state index is 5.94. The lowest BCUT2D eigenvalue weighted by Crippen LogP contribution is -2.04. The Hall–Kier alpha value is -1.68. The van der Waals surface area contributed by atoms with Crippen molar-refractivity contribution in [2.45, 2.75) is 27.0 Å². The van der Waals surface area contributed by atoms with E-state index in [1.165, 1.54) is 0 Å². The molecule has 0 radical (unpaired) electrons. The van der Waals surface area contributed by atoms with Crippen LogP contribution in [0.25, 0.3) is 0 Å². The molecule has 1 aromatic carbocycles. The topological polar surface area (TPSA) is 53.1 Å². The lowest BCUT2D eigenvalue weighted by Gasteiger charge is -2.08. The number of hydrogen-bond acceptors (Lipinski definition) is 3. The summed E-state index contributed by atoms with van der Waals surface area (Å²) in [5.74, 6) is 0.630. The second kappa shape index (κ2) is 5.31. The number of nitrogens with zero attached hydrogens (tertiary/aromatic N) is 2. The highest BCUT2D eigenvalue weighted by molar-refractivity contribution is 6.30. The van der Waals surface area contributed by atoms with Gasteiger partial charge in [0.05, 0.1) is 5.69 Å². The quantitative estimate of drug-likeness (QED) is 0.924. The van der Waals surface area contributed by atoms with Gasteiger partial charge in [-0.3, -0.25) is 0 Å². The molecule has 4 nitrogen and oxygen atoms in total. The number of anilines is 1. The van der Waals surface area contributed by atoms with Crippen LogP contribution in [0.5, 0.6) is 5.88 Å². The first-order valence-corrected chi connectivity index (χ1v) is 6.19. The summed E-state index contributed by atoms with van der Waals surface area (Å²) in [7, 11) is 0. The highest BCUT2D eigenvalue weighted by atomic mass is 35.5. The van der Waals surface area contributed by atoms with Gasteiger partial charge < -0.3 is 10.5 Å². The van der Waals surface area contributed by atoms with E-state index in [2.05, 4.69) is 5.10 Å². The number of halogens is 1. The third kappa shape index (κ3) is 2.59. The number of aryl methyl sites for hydroxylation is 2. The molecule has 1 aromatic heterocycles. The molecule has 0 saturated heterocycles. The van der Waals surface area contributed by atoms with E-state index in [4.69, 9.17) is 22.1 Å². The van der Waals surface area contributed by atoms with E-state index < -0.39 is 0 Å². The molecular formula is C13H16ClN3O. The molecule has 96 valence electrons. The Morgan fingerprint density at radius 3 is 2.61 bits per heavy atom. The SMILES string of the molecule is CCn1nc(C)c(N)c1OCc1ccc(Cl)cc1. The van der Waals surface area contributed by atoms with E-state index in [1.54, 1.807) is 4.68 Å². The van der Waals surface area contributed by atoms with Gasteiger partial charge in [0.1, 0.15) is 12.3 Å². The van der Waals surface area contributed by atoms with Crippen molar-refractivity contribution in [1.29, 1.82) is 0 Å². The van der Waals surface area contributed by atoms with Crippen LogP contribution in [0, 0.1) is 6.92 Å². The van der Waals surface area contributed by atoms with Crippen LogP contribution >= 0.6 is 11.6 Å². The van der Waals surface area contributed by atoms with E-state index in [0.29, 0.717) is 23.2 Å². The molecule has 0 fully saturated rings. The molecule has 0 saturated carbocycles. The fraction of sp³-hybridized carbons (Fsp3) is 0.308. The predicted molar refractivity (Wildman–Crippen MR) is 72.8 cm³/mol. The molecular weight excluding hydrogens is 250 g/mol. The van der Waals surface area contributed by atoms with Crippen molar-refractivity contribution in [1.82, 2.24) is 9.78 Å². The summed E-state index contributed by atoms with van der Waals surface area (Å²) in [6, 6.07) is 7.54. The van der Waals surface area contributed by atoms with Crippen LogP contribution < -0.4 is 10.5 Å². The molecule has 0 atom stereocenters. The zero-order chi connectivity index (χ0) is 13.1. The molecule has 0 aliphatic rings. The van der Waals surface area contributed by atoms with Gasteiger partial charge in [-0.15, -0.1) is 0 Å². The predicted octanol–water partition coefficient (Wildman–Crippen LogP) is 3.03. The Labute approximate surface area is 111 Å². The highest BCUT2D eigenvalue weighted by Crippen LogP contribution is 2.25. The van der Waals surface area contributed by atoms with Gasteiger partial charge in [0.25, 0.3) is 0 Å². The van der Waals surface area contributed by atoms with Crippen molar-refractivity contribution in [2.75, 3.05) is 5.73 Å². The first-order chi connectivity index (χ1) is 8.61. The zero-order valence-corrected chi connectivity index (χ0v) is 11.2. The van der Waals surface area contributed by atoms with E-state index in [1.807, 2.05) is 38.1 Å². The molecule has 2 rings (SSSR count). The molecule has 2 aromatic rings. The average Bonchev–Trinajstić information content (AvgIpc) is 2.65. The molecule has 0 amide bonds. The first kappa shape index (κ1) is 12.8. The molecule has 5 heteroatoms. The van der Waals surface area contributed by atoms with Gasteiger partial charge in [0.2, 0.25) is 5.88 Å². The van der Waals surface area contributed by atoms with Crippen molar-refractivity contribution >= 4 is 17.3 Å². The minimum Gasteiger partial charge on any atom is -0.471 e. The van der Waals surface area contributed by atoms with Crippen molar-refractivity contribution < 1.29 is 4.74 Å². The van der Waals surface area contributed by atoms with Crippen LogP contribution in [-0.2, 0) is 13.2 Å². The van der Waals surface area contributed by atoms with E-state index >= 15 is 0 Å². The first-order valence-electron chi connectivity index (χ1n) is 5.82. The third-order valence-electron chi connectivity index (χ3n) is 2.71. The minimum atomic E-state index is 0.451. The lowest BCUT2D eigenvalue weighted by molar-refractivity contribution is 0.275. The summed E-state index contributed by atoms with van der Waals surface area (Å²) in [5, 5.41) is 5.02. The number of rotatable bonds is 4. The van der Waals surface area contributed by atoms with Crippen LogP contribution in [0.4, 0.5) is 5.69 Å². The van der Waals surface area contributed by atoms with Crippen LogP contribution in [0.3, 0.4) is 0 Å². The molecule has 0 spiro atoms. The minimum absolute atomic E-state index is 0.451. The van der Waals surface area contributed by atoms with Gasteiger partial charge >= 0.3 is 0 Å². The molecule has 0 bridgehead atoms. The molecule has 1 heterocycles. The number of ether oxygens (including phenoxy) is 1. The Morgan fingerprint density at radius 2 is 2.00 bits per heavy atom. The van der Waals surface area contributed by atoms with Crippen molar-refractivity contribution in [2.24, 2.45) is 0 Å². The fourth-order valence-corrected chi connectivity index (χ4v) is 1.80. The molecule has 18 heavy (non-hydrogen) atoms. The second-order valence-corrected chi connectivity index (χ2v) is 4.47. The Balaban J connectivity index is 2.12. The van der Waals surface area contributed by atoms with Crippen molar-refractivity contribution in [3.63, 3.8) is 0 Å². The maximum absolute atomic E-state index is 5.94. The molecule has 0 aliphatic carbocycles. The number of nitrogen functional groups attached to an aromatic ring is 1. The van der Waals surface area contributed by atoms with Crippen LogP contribution in [0.15, 0.2) is 24.3 Å². The Bertz CT molecular complexity index is 534. The summed E-state index contributed by atoms with van der Waals surface area (Å²) in [5.41, 5.74) is 8.38. The van der Waals surface area contributed by atoms with Crippen LogP contribution in [-0.4, -0.2) is 9.78 Å². The number of nitrogens with two attached hydrogens (primary N) is 1. The third-order valence-corrected chi connectivity index (χ3v) is 2.97. The summed E-state index contributed by atoms with van der Waals surface area (Å²) < 4.78 is 7.50. The van der Waals surface area contributed by atoms with Gasteiger partial charge in [0.15, 0.2) is 0 Å². The van der Waals surface area contributed by atoms with Gasteiger partial charge in [-0.1, -0.05) is 23.7 Å². The standard InChI is InChI=1S/C13H16ClN3O/c1-3-17-13(12(15)9(2)16-17)18-8-10-4-6-11(14)7-5-10/h4-7H,3,8,15H2,1-2H3. The van der Waals surface area contributed by atoms with E-state index in [0.717, 1.165) is 17.8 Å². The summed E-state index contributed by atoms with van der Waals surface area (Å²) in [6.45, 7) is 5.05. The molecule has 2 N–H and O–H groups in total. The normalized spacial score (nSPS) is 10.6. The van der Waals surface area contributed by atoms with Gasteiger partial charge in [-0.2, -0.15) is 5.10 Å². The van der Waals surface area contributed by atoms with Gasteiger partial charge in [-0.25, -0.2) is 4.68 Å². The number of hydrogen-bond donors (Lipinski definition) is 1. The van der Waals surface area contributed by atoms with Gasteiger partial charge in [-0.05, 0) is 31.5 Å². The van der Waals surface area contributed by atoms with Crippen LogP contribution in [0.2, 0.25) is 5.02 Å². The van der Waals surface area contributed by atoms with Gasteiger partial charge in [0, 0.05) is 11.6 Å². The maximum Gasteiger partial charge on any atom is 0.236 e. The Kier molecular flexibility index (Phi) is 3.77. The second-order valence-electron chi connectivity index (χ2n) is 4.04. The number of benzene rings is 1. The van der Waals surface area contributed by atoms with Crippen molar-refractivity contribution in [3.05, 3.63) is 40.5 Å². The largest absolute Gasteiger partial charge is 0.471 e. The van der Waals surface area contributed by atoms with E-state index in [9.17, 15) is 0 Å². The summed E-state index contributed by atoms with van der Waals surface area (Å²) in [4.78, 5) is 0. The van der Waals surface area contributed by atoms with Crippen LogP contribution in [0.1, 0.15) is 18.2 Å². The summed E-state index contributed by atoms with van der Waals surface area (Å²) in [6.07, 6.45) is 0. The summed E-state index contributed by atoms with van der Waals surface area (Å²) >= 11 is 5.83. The molecule has 0 unspecified atom stereocenters. The van der Waals surface area contributed by atoms with Crippen molar-refractivity contribution in [3.8, 4) is 5.88 Å². The fourth-order valence-electron chi connectivity index (χ4n) is 1.67. The number of aromatic nitrogens is 2.